The van der Waals surface area contributed by atoms with E-state index in [0.717, 1.165) is 14.5 Å². The van der Waals surface area contributed by atoms with Crippen LogP contribution in [0, 0.1) is 10.1 Å². The summed E-state index contributed by atoms with van der Waals surface area (Å²) in [5.41, 5.74) is 1.35. The van der Waals surface area contributed by atoms with Crippen molar-refractivity contribution in [3.8, 4) is 0 Å². The first-order valence-electron chi connectivity index (χ1n) is 5.93. The maximum absolute atomic E-state index is 12.0. The highest BCUT2D eigenvalue weighted by molar-refractivity contribution is 9.11. The van der Waals surface area contributed by atoms with Crippen molar-refractivity contribution in [3.05, 3.63) is 72.7 Å². The van der Waals surface area contributed by atoms with Crippen LogP contribution in [0.4, 0.5) is 5.69 Å². The van der Waals surface area contributed by atoms with Crippen molar-refractivity contribution in [2.75, 3.05) is 0 Å². The quantitative estimate of drug-likeness (QED) is 0.607. The number of nitro benzene ring substituents is 1. The number of hydrogen-bond donors (Lipinski definition) is 1. The molecule has 2 rings (SSSR count). The molecule has 0 heterocycles. The lowest BCUT2D eigenvalue weighted by molar-refractivity contribution is -0.384. The van der Waals surface area contributed by atoms with Gasteiger partial charge >= 0.3 is 0 Å². The molecule has 0 unspecified atom stereocenters. The minimum atomic E-state index is -0.457. The lowest BCUT2D eigenvalue weighted by atomic mass is 10.2. The maximum atomic E-state index is 12.0. The van der Waals surface area contributed by atoms with Crippen molar-refractivity contribution in [3.63, 3.8) is 0 Å². The van der Waals surface area contributed by atoms with E-state index in [-0.39, 0.29) is 11.6 Å². The predicted octanol–water partition coefficient (Wildman–Crippen LogP) is 4.05. The van der Waals surface area contributed by atoms with Gasteiger partial charge < -0.3 is 5.32 Å². The van der Waals surface area contributed by atoms with Gasteiger partial charge in [-0.3, -0.25) is 14.9 Å². The second-order valence-corrected chi connectivity index (χ2v) is 6.10. The zero-order valence-electron chi connectivity index (χ0n) is 10.7. The zero-order chi connectivity index (χ0) is 15.4. The molecule has 0 bridgehead atoms. The van der Waals surface area contributed by atoms with E-state index in [2.05, 4.69) is 37.2 Å². The number of hydrogen-bond acceptors (Lipinski definition) is 3. The molecular formula is C14H10Br2N2O3. The highest BCUT2D eigenvalue weighted by Gasteiger charge is 2.08. The smallest absolute Gasteiger partial charge is 0.269 e. The Morgan fingerprint density at radius 3 is 2.19 bits per heavy atom. The summed E-state index contributed by atoms with van der Waals surface area (Å²) in [7, 11) is 0. The largest absolute Gasteiger partial charge is 0.348 e. The summed E-state index contributed by atoms with van der Waals surface area (Å²) in [4.78, 5) is 22.1. The van der Waals surface area contributed by atoms with Gasteiger partial charge in [-0.2, -0.15) is 0 Å². The average Bonchev–Trinajstić information content (AvgIpc) is 2.44. The van der Waals surface area contributed by atoms with Crippen LogP contribution in [0.2, 0.25) is 0 Å². The Morgan fingerprint density at radius 2 is 1.67 bits per heavy atom. The van der Waals surface area contributed by atoms with Crippen molar-refractivity contribution >= 4 is 43.5 Å². The molecule has 1 amide bonds. The van der Waals surface area contributed by atoms with Crippen LogP contribution < -0.4 is 5.32 Å². The van der Waals surface area contributed by atoms with Crippen LogP contribution in [0.1, 0.15) is 15.9 Å². The number of nitrogens with zero attached hydrogens (tertiary/aromatic N) is 1. The van der Waals surface area contributed by atoms with E-state index >= 15 is 0 Å². The van der Waals surface area contributed by atoms with Gasteiger partial charge in [-0.05, 0) is 23.8 Å². The Labute approximate surface area is 137 Å². The fourth-order valence-corrected chi connectivity index (χ4v) is 3.00. The molecule has 0 fully saturated rings. The molecule has 0 aromatic heterocycles. The summed E-state index contributed by atoms with van der Waals surface area (Å²) >= 11 is 6.65. The topological polar surface area (TPSA) is 72.2 Å². The first kappa shape index (κ1) is 15.7. The van der Waals surface area contributed by atoms with Crippen molar-refractivity contribution in [1.82, 2.24) is 5.32 Å². The Balaban J connectivity index is 2.02. The number of rotatable bonds is 4. The molecular weight excluding hydrogens is 404 g/mol. The molecule has 2 aromatic rings. The van der Waals surface area contributed by atoms with Crippen LogP contribution in [0.5, 0.6) is 0 Å². The van der Waals surface area contributed by atoms with Gasteiger partial charge in [0.1, 0.15) is 0 Å². The maximum Gasteiger partial charge on any atom is 0.269 e. The molecule has 0 radical (unpaired) electrons. The second-order valence-electron chi connectivity index (χ2n) is 4.26. The number of benzene rings is 2. The van der Waals surface area contributed by atoms with Gasteiger partial charge in [-0.15, -0.1) is 0 Å². The molecule has 0 atom stereocenters. The lowest BCUT2D eigenvalue weighted by Crippen LogP contribution is -2.22. The van der Waals surface area contributed by atoms with Crippen molar-refractivity contribution < 1.29 is 9.72 Å². The summed E-state index contributed by atoms with van der Waals surface area (Å²) in [6, 6.07) is 11.3. The molecule has 0 saturated carbocycles. The van der Waals surface area contributed by atoms with Crippen LogP contribution in [0.25, 0.3) is 0 Å². The van der Waals surface area contributed by atoms with E-state index in [9.17, 15) is 14.9 Å². The summed E-state index contributed by atoms with van der Waals surface area (Å²) in [5.74, 6) is -0.213. The average molecular weight is 414 g/mol. The first-order chi connectivity index (χ1) is 9.95. The zero-order valence-corrected chi connectivity index (χ0v) is 13.8. The number of non-ortho nitro benzene ring substituents is 1. The van der Waals surface area contributed by atoms with Crippen LogP contribution in [-0.2, 0) is 6.54 Å². The van der Waals surface area contributed by atoms with Gasteiger partial charge in [0.2, 0.25) is 0 Å². The standard InChI is InChI=1S/C14H10Br2N2O3/c15-11-5-10(6-12(16)7-11)14(19)17-8-9-1-3-13(4-2-9)18(20)21/h1-7H,8H2,(H,17,19). The summed E-state index contributed by atoms with van der Waals surface area (Å²) < 4.78 is 1.61. The molecule has 7 heteroatoms. The van der Waals surface area contributed by atoms with E-state index in [1.165, 1.54) is 12.1 Å². The van der Waals surface area contributed by atoms with Crippen molar-refractivity contribution in [2.24, 2.45) is 0 Å². The SMILES string of the molecule is O=C(NCc1ccc([N+](=O)[O-])cc1)c1cc(Br)cc(Br)c1. The van der Waals surface area contributed by atoms with Gasteiger partial charge in [0.05, 0.1) is 4.92 Å². The number of carbonyl (C=O) groups is 1. The molecule has 5 nitrogen and oxygen atoms in total. The third-order valence-corrected chi connectivity index (χ3v) is 3.64. The highest BCUT2D eigenvalue weighted by atomic mass is 79.9. The highest BCUT2D eigenvalue weighted by Crippen LogP contribution is 2.20. The predicted molar refractivity (Wildman–Crippen MR) is 86.1 cm³/mol. The third kappa shape index (κ3) is 4.37. The monoisotopic (exact) mass is 412 g/mol. The molecule has 21 heavy (non-hydrogen) atoms. The van der Waals surface area contributed by atoms with Gasteiger partial charge in [-0.25, -0.2) is 0 Å². The van der Waals surface area contributed by atoms with Gasteiger partial charge in [0.25, 0.3) is 11.6 Å². The molecule has 108 valence electrons. The minimum absolute atomic E-state index is 0.0287. The molecule has 0 aliphatic rings. The van der Waals surface area contributed by atoms with E-state index in [4.69, 9.17) is 0 Å². The number of amides is 1. The van der Waals surface area contributed by atoms with Crippen LogP contribution in [0.15, 0.2) is 51.4 Å². The lowest BCUT2D eigenvalue weighted by Gasteiger charge is -2.06. The summed E-state index contributed by atoms with van der Waals surface area (Å²) in [5, 5.41) is 13.3. The number of nitro groups is 1. The van der Waals surface area contributed by atoms with E-state index in [1.807, 2.05) is 6.07 Å². The molecule has 0 spiro atoms. The number of nitrogens with one attached hydrogen (secondary N) is 1. The van der Waals surface area contributed by atoms with E-state index in [0.29, 0.717) is 12.1 Å². The Bertz CT molecular complexity index is 667. The third-order valence-electron chi connectivity index (χ3n) is 2.72. The summed E-state index contributed by atoms with van der Waals surface area (Å²) in [6.07, 6.45) is 0. The van der Waals surface area contributed by atoms with E-state index in [1.54, 1.807) is 24.3 Å². The fourth-order valence-electron chi connectivity index (χ4n) is 1.70. The normalized spacial score (nSPS) is 10.2. The molecule has 2 aromatic carbocycles. The first-order valence-corrected chi connectivity index (χ1v) is 7.52. The van der Waals surface area contributed by atoms with Crippen LogP contribution in [-0.4, -0.2) is 10.8 Å². The van der Waals surface area contributed by atoms with Crippen molar-refractivity contribution in [2.45, 2.75) is 6.54 Å². The molecule has 0 aliphatic carbocycles. The van der Waals surface area contributed by atoms with Gasteiger partial charge in [0.15, 0.2) is 0 Å². The van der Waals surface area contributed by atoms with Crippen LogP contribution >= 0.6 is 31.9 Å². The fraction of sp³-hybridized carbons (Fsp3) is 0.0714. The Morgan fingerprint density at radius 1 is 1.10 bits per heavy atom. The minimum Gasteiger partial charge on any atom is -0.348 e. The van der Waals surface area contributed by atoms with Crippen LogP contribution in [0.3, 0.4) is 0 Å². The Hall–Kier alpha value is -1.73. The van der Waals surface area contributed by atoms with Gasteiger partial charge in [0, 0.05) is 33.2 Å². The second kappa shape index (κ2) is 6.82. The number of carbonyl (C=O) groups excluding carboxylic acids is 1. The van der Waals surface area contributed by atoms with E-state index < -0.39 is 4.92 Å². The number of halogens is 2. The molecule has 0 saturated heterocycles. The molecule has 1 N–H and O–H groups in total. The van der Waals surface area contributed by atoms with Gasteiger partial charge in [-0.1, -0.05) is 44.0 Å². The Kier molecular flexibility index (Phi) is 5.08. The van der Waals surface area contributed by atoms with Crippen molar-refractivity contribution in [1.29, 1.82) is 0 Å². The summed E-state index contributed by atoms with van der Waals surface area (Å²) in [6.45, 7) is 0.307. The molecule has 0 aliphatic heterocycles.